The van der Waals surface area contributed by atoms with Gasteiger partial charge in [0.15, 0.2) is 0 Å². The van der Waals surface area contributed by atoms with Crippen LogP contribution in [0.4, 0.5) is 4.39 Å². The van der Waals surface area contributed by atoms with Gasteiger partial charge in [-0.25, -0.2) is 0 Å². The Bertz CT molecular complexity index is 149. The minimum Gasteiger partial charge on any atom is -0.393 e. The summed E-state index contributed by atoms with van der Waals surface area (Å²) < 4.78 is 12.1. The summed E-state index contributed by atoms with van der Waals surface area (Å²) in [5.74, 6) is 1.43. The van der Waals surface area contributed by atoms with Crippen molar-refractivity contribution >= 4 is 0 Å². The van der Waals surface area contributed by atoms with Crippen molar-refractivity contribution in [3.8, 4) is 0 Å². The van der Waals surface area contributed by atoms with Gasteiger partial charge < -0.3 is 5.11 Å². The molecule has 0 aromatic rings. The molecule has 0 aliphatic heterocycles. The maximum Gasteiger partial charge on any atom is 0.0897 e. The van der Waals surface area contributed by atoms with Gasteiger partial charge in [0.25, 0.3) is 0 Å². The molecule has 2 heteroatoms. The fourth-order valence-electron chi connectivity index (χ4n) is 2.46. The third-order valence-corrected chi connectivity index (χ3v) is 3.57. The Kier molecular flexibility index (Phi) is 4.17. The molecule has 0 amide bonds. The van der Waals surface area contributed by atoms with Crippen LogP contribution in [0.25, 0.3) is 0 Å². The van der Waals surface area contributed by atoms with E-state index in [1.807, 2.05) is 0 Å². The normalized spacial score (nSPS) is 36.5. The van der Waals surface area contributed by atoms with Gasteiger partial charge in [-0.3, -0.25) is 4.39 Å². The van der Waals surface area contributed by atoms with Crippen LogP contribution in [0.15, 0.2) is 0 Å². The Morgan fingerprint density at radius 2 is 2.15 bits per heavy atom. The predicted octanol–water partition coefficient (Wildman–Crippen LogP) is 2.78. The summed E-state index contributed by atoms with van der Waals surface area (Å²) in [5, 5.41) is 9.77. The molecule has 0 bridgehead atoms. The van der Waals surface area contributed by atoms with Gasteiger partial charge in [-0.2, -0.15) is 0 Å². The Morgan fingerprint density at radius 1 is 1.46 bits per heavy atom. The van der Waals surface area contributed by atoms with Crippen molar-refractivity contribution in [3.63, 3.8) is 0 Å². The Morgan fingerprint density at radius 3 is 2.69 bits per heavy atom. The van der Waals surface area contributed by atoms with Gasteiger partial charge in [0, 0.05) is 0 Å². The standard InChI is InChI=1S/C11H21FO/c1-3-8(2)10-6-9(4-5-12)7-11(10)13/h8-11,13H,3-7H2,1-2H3. The molecule has 1 aliphatic carbocycles. The van der Waals surface area contributed by atoms with E-state index in [4.69, 9.17) is 0 Å². The van der Waals surface area contributed by atoms with Crippen molar-refractivity contribution in [3.05, 3.63) is 0 Å². The monoisotopic (exact) mass is 188 g/mol. The number of rotatable bonds is 4. The molecule has 1 nitrogen and oxygen atoms in total. The quantitative estimate of drug-likeness (QED) is 0.719. The van der Waals surface area contributed by atoms with Crippen LogP contribution in [0.5, 0.6) is 0 Å². The average Bonchev–Trinajstić information content (AvgIpc) is 2.46. The number of halogens is 1. The summed E-state index contributed by atoms with van der Waals surface area (Å²) in [6.45, 7) is 4.11. The molecule has 0 aromatic heterocycles. The molecule has 0 radical (unpaired) electrons. The molecule has 1 rings (SSSR count). The van der Waals surface area contributed by atoms with Crippen LogP contribution in [0.1, 0.15) is 39.5 Å². The van der Waals surface area contributed by atoms with Crippen LogP contribution < -0.4 is 0 Å². The lowest BCUT2D eigenvalue weighted by Gasteiger charge is -2.20. The lowest BCUT2D eigenvalue weighted by molar-refractivity contribution is 0.101. The van der Waals surface area contributed by atoms with Crippen molar-refractivity contribution < 1.29 is 9.50 Å². The number of hydrogen-bond acceptors (Lipinski definition) is 1. The summed E-state index contributed by atoms with van der Waals surface area (Å²) in [6, 6.07) is 0. The van der Waals surface area contributed by atoms with Gasteiger partial charge in [0.1, 0.15) is 0 Å². The minimum atomic E-state index is -0.232. The van der Waals surface area contributed by atoms with E-state index in [-0.39, 0.29) is 12.8 Å². The first-order chi connectivity index (χ1) is 6.19. The number of aliphatic hydroxyl groups is 1. The zero-order valence-electron chi connectivity index (χ0n) is 8.67. The molecule has 4 atom stereocenters. The molecule has 0 heterocycles. The van der Waals surface area contributed by atoms with Gasteiger partial charge in [0.2, 0.25) is 0 Å². The molecule has 4 unspecified atom stereocenters. The van der Waals surface area contributed by atoms with Gasteiger partial charge in [-0.05, 0) is 37.0 Å². The largest absolute Gasteiger partial charge is 0.393 e. The summed E-state index contributed by atoms with van der Waals surface area (Å²) in [4.78, 5) is 0. The highest BCUT2D eigenvalue weighted by atomic mass is 19.1. The van der Waals surface area contributed by atoms with Gasteiger partial charge >= 0.3 is 0 Å². The van der Waals surface area contributed by atoms with E-state index in [2.05, 4.69) is 13.8 Å². The molecule has 1 N–H and O–H groups in total. The molecular weight excluding hydrogens is 167 g/mol. The van der Waals surface area contributed by atoms with Gasteiger partial charge in [-0.15, -0.1) is 0 Å². The first-order valence-corrected chi connectivity index (χ1v) is 5.43. The summed E-state index contributed by atoms with van der Waals surface area (Å²) >= 11 is 0. The summed E-state index contributed by atoms with van der Waals surface area (Å²) in [7, 11) is 0. The second-order valence-corrected chi connectivity index (χ2v) is 4.43. The highest BCUT2D eigenvalue weighted by molar-refractivity contribution is 4.85. The van der Waals surface area contributed by atoms with Crippen molar-refractivity contribution in [1.29, 1.82) is 0 Å². The third kappa shape index (κ3) is 2.67. The molecule has 1 fully saturated rings. The second-order valence-electron chi connectivity index (χ2n) is 4.43. The van der Waals surface area contributed by atoms with E-state index in [1.54, 1.807) is 0 Å². The van der Waals surface area contributed by atoms with Crippen LogP contribution in [0.2, 0.25) is 0 Å². The van der Waals surface area contributed by atoms with Crippen LogP contribution in [-0.4, -0.2) is 17.9 Å². The predicted molar refractivity (Wildman–Crippen MR) is 52.3 cm³/mol. The topological polar surface area (TPSA) is 20.2 Å². The first kappa shape index (κ1) is 11.0. The minimum absolute atomic E-state index is 0.175. The molecule has 1 saturated carbocycles. The van der Waals surface area contributed by atoms with E-state index in [0.717, 1.165) is 19.3 Å². The molecule has 0 saturated heterocycles. The highest BCUT2D eigenvalue weighted by Crippen LogP contribution is 2.38. The number of hydrogen-bond donors (Lipinski definition) is 1. The maximum atomic E-state index is 12.1. The third-order valence-electron chi connectivity index (χ3n) is 3.57. The number of alkyl halides is 1. The van der Waals surface area contributed by atoms with Crippen LogP contribution in [0.3, 0.4) is 0 Å². The zero-order chi connectivity index (χ0) is 9.84. The Hall–Kier alpha value is -0.110. The van der Waals surface area contributed by atoms with E-state index >= 15 is 0 Å². The van der Waals surface area contributed by atoms with Gasteiger partial charge in [0.05, 0.1) is 12.8 Å². The number of aliphatic hydroxyl groups excluding tert-OH is 1. The van der Waals surface area contributed by atoms with Crippen molar-refractivity contribution in [2.45, 2.75) is 45.6 Å². The summed E-state index contributed by atoms with van der Waals surface area (Å²) in [6.07, 6.45) is 3.43. The molecule has 1 aliphatic rings. The fraction of sp³-hybridized carbons (Fsp3) is 1.00. The SMILES string of the molecule is CCC(C)C1CC(CCF)CC1O. The molecule has 0 aromatic carbocycles. The van der Waals surface area contributed by atoms with Crippen molar-refractivity contribution in [2.24, 2.45) is 17.8 Å². The summed E-state index contributed by atoms with van der Waals surface area (Å²) in [5.41, 5.74) is 0. The lowest BCUT2D eigenvalue weighted by atomic mass is 9.88. The zero-order valence-corrected chi connectivity index (χ0v) is 8.67. The fourth-order valence-corrected chi connectivity index (χ4v) is 2.46. The maximum absolute atomic E-state index is 12.1. The first-order valence-electron chi connectivity index (χ1n) is 5.43. The van der Waals surface area contributed by atoms with Crippen LogP contribution in [-0.2, 0) is 0 Å². The smallest absolute Gasteiger partial charge is 0.0897 e. The molecule has 78 valence electrons. The Labute approximate surface area is 80.3 Å². The van der Waals surface area contributed by atoms with Crippen molar-refractivity contribution in [2.75, 3.05) is 6.67 Å². The van der Waals surface area contributed by atoms with Crippen LogP contribution >= 0.6 is 0 Å². The molecule has 13 heavy (non-hydrogen) atoms. The molecular formula is C11H21FO. The average molecular weight is 188 g/mol. The van der Waals surface area contributed by atoms with E-state index in [0.29, 0.717) is 24.2 Å². The van der Waals surface area contributed by atoms with E-state index in [1.165, 1.54) is 0 Å². The van der Waals surface area contributed by atoms with E-state index < -0.39 is 0 Å². The lowest BCUT2D eigenvalue weighted by Crippen LogP contribution is -2.19. The second kappa shape index (κ2) is 4.94. The van der Waals surface area contributed by atoms with Crippen LogP contribution in [0, 0.1) is 17.8 Å². The van der Waals surface area contributed by atoms with Gasteiger partial charge in [-0.1, -0.05) is 20.3 Å². The highest BCUT2D eigenvalue weighted by Gasteiger charge is 2.34. The Balaban J connectivity index is 2.41. The molecule has 0 spiro atoms. The van der Waals surface area contributed by atoms with E-state index in [9.17, 15) is 9.50 Å². The van der Waals surface area contributed by atoms with Crippen molar-refractivity contribution in [1.82, 2.24) is 0 Å².